The van der Waals surface area contributed by atoms with Crippen molar-refractivity contribution in [3.8, 4) is 22.8 Å². The standard InChI is InChI=1S/C31H32ClF4N3O6/c1-5-44-28(41)39-29(2,3)19-14-23(17-6-10-22(33)21(32)12-17)38-26(15-19)30(42,31(34,35)36)16-37-27(40)18-7-11-24(25(13-18)43-4)45-20-8-9-20/h6-7,10-15,20,42H,5,8-9,16H2,1-4H3,(H,37,40)(H,39,41). The first-order valence-corrected chi connectivity index (χ1v) is 14.3. The Hall–Kier alpha value is -4.10. The van der Waals surface area contributed by atoms with Crippen molar-refractivity contribution in [3.63, 3.8) is 0 Å². The molecule has 0 radical (unpaired) electrons. The molecule has 1 atom stereocenters. The molecule has 1 aliphatic rings. The maximum atomic E-state index is 14.7. The van der Waals surface area contributed by atoms with Gasteiger partial charge in [0.1, 0.15) is 5.82 Å². The number of alkyl carbamates (subject to hydrolysis) is 1. The van der Waals surface area contributed by atoms with Gasteiger partial charge in [-0.25, -0.2) is 14.2 Å². The molecule has 2 amide bonds. The number of ether oxygens (including phenoxy) is 3. The Bertz CT molecular complexity index is 1580. The summed E-state index contributed by atoms with van der Waals surface area (Å²) < 4.78 is 73.9. The summed E-state index contributed by atoms with van der Waals surface area (Å²) in [5.41, 5.74) is -5.90. The van der Waals surface area contributed by atoms with E-state index in [1.54, 1.807) is 6.92 Å². The molecule has 9 nitrogen and oxygen atoms in total. The van der Waals surface area contributed by atoms with Gasteiger partial charge in [-0.2, -0.15) is 13.2 Å². The molecule has 0 saturated heterocycles. The molecule has 1 unspecified atom stereocenters. The van der Waals surface area contributed by atoms with E-state index in [4.69, 9.17) is 25.8 Å². The van der Waals surface area contributed by atoms with Crippen LogP contribution in [0.1, 0.15) is 55.2 Å². The van der Waals surface area contributed by atoms with Crippen LogP contribution in [-0.4, -0.2) is 54.6 Å². The van der Waals surface area contributed by atoms with Crippen LogP contribution in [0.15, 0.2) is 48.5 Å². The zero-order valence-corrected chi connectivity index (χ0v) is 25.6. The van der Waals surface area contributed by atoms with Crippen LogP contribution in [-0.2, 0) is 15.9 Å². The molecule has 1 fully saturated rings. The van der Waals surface area contributed by atoms with E-state index in [1.165, 1.54) is 51.3 Å². The van der Waals surface area contributed by atoms with Gasteiger partial charge >= 0.3 is 12.3 Å². The predicted molar refractivity (Wildman–Crippen MR) is 157 cm³/mol. The zero-order chi connectivity index (χ0) is 33.2. The number of carbonyl (C=O) groups is 2. The van der Waals surface area contributed by atoms with Crippen LogP contribution in [0.5, 0.6) is 11.5 Å². The number of hydrogen-bond donors (Lipinski definition) is 3. The zero-order valence-electron chi connectivity index (χ0n) is 24.9. The van der Waals surface area contributed by atoms with Gasteiger partial charge in [0, 0.05) is 11.1 Å². The number of benzene rings is 2. The van der Waals surface area contributed by atoms with E-state index in [0.717, 1.165) is 31.0 Å². The van der Waals surface area contributed by atoms with E-state index in [0.29, 0.717) is 5.75 Å². The van der Waals surface area contributed by atoms with Gasteiger partial charge in [-0.1, -0.05) is 11.6 Å². The number of hydrogen-bond acceptors (Lipinski definition) is 7. The van der Waals surface area contributed by atoms with Crippen LogP contribution in [0.2, 0.25) is 5.02 Å². The first-order chi connectivity index (χ1) is 21.1. The number of rotatable bonds is 11. The molecule has 242 valence electrons. The van der Waals surface area contributed by atoms with E-state index in [2.05, 4.69) is 15.6 Å². The molecule has 0 spiro atoms. The Kier molecular flexibility index (Phi) is 9.83. The lowest BCUT2D eigenvalue weighted by molar-refractivity contribution is -0.265. The molecule has 1 aromatic heterocycles. The Morgan fingerprint density at radius 3 is 2.38 bits per heavy atom. The SMILES string of the molecule is CCOC(=O)NC(C)(C)c1cc(-c2ccc(F)c(Cl)c2)nc(C(O)(CNC(=O)c2ccc(OC3CC3)c(OC)c2)C(F)(F)F)c1. The van der Waals surface area contributed by atoms with Gasteiger partial charge in [0.2, 0.25) is 5.60 Å². The summed E-state index contributed by atoms with van der Waals surface area (Å²) in [5.74, 6) is -1.09. The third kappa shape index (κ3) is 7.77. The summed E-state index contributed by atoms with van der Waals surface area (Å²) in [6.07, 6.45) is -4.39. The van der Waals surface area contributed by atoms with Gasteiger partial charge in [-0.05, 0) is 87.7 Å². The number of nitrogens with zero attached hydrogens (tertiary/aromatic N) is 1. The number of carbonyl (C=O) groups excluding carboxylic acids is 2. The summed E-state index contributed by atoms with van der Waals surface area (Å²) in [6.45, 7) is 3.30. The molecule has 0 bridgehead atoms. The summed E-state index contributed by atoms with van der Waals surface area (Å²) in [5, 5.41) is 15.6. The fraction of sp³-hybridized carbons (Fsp3) is 0.387. The van der Waals surface area contributed by atoms with E-state index in [1.807, 2.05) is 0 Å². The predicted octanol–water partition coefficient (Wildman–Crippen LogP) is 6.25. The quantitative estimate of drug-likeness (QED) is 0.209. The number of aliphatic hydroxyl groups is 1. The molecule has 2 aromatic carbocycles. The smallest absolute Gasteiger partial charge is 0.424 e. The third-order valence-electron chi connectivity index (χ3n) is 7.09. The van der Waals surface area contributed by atoms with Crippen LogP contribution in [0.4, 0.5) is 22.4 Å². The molecule has 3 N–H and O–H groups in total. The van der Waals surface area contributed by atoms with Crippen molar-refractivity contribution < 1.29 is 46.5 Å². The normalized spacial score (nSPS) is 14.7. The Balaban J connectivity index is 1.74. The van der Waals surface area contributed by atoms with E-state index in [-0.39, 0.29) is 45.9 Å². The summed E-state index contributed by atoms with van der Waals surface area (Å²) >= 11 is 5.93. The second-order valence-electron chi connectivity index (χ2n) is 10.9. The highest BCUT2D eigenvalue weighted by Crippen LogP contribution is 2.41. The van der Waals surface area contributed by atoms with Crippen molar-refractivity contribution in [2.75, 3.05) is 20.3 Å². The average Bonchev–Trinajstić information content (AvgIpc) is 3.80. The maximum Gasteiger partial charge on any atom is 0.424 e. The van der Waals surface area contributed by atoms with E-state index >= 15 is 0 Å². The first kappa shape index (κ1) is 33.8. The largest absolute Gasteiger partial charge is 0.493 e. The van der Waals surface area contributed by atoms with Crippen LogP contribution in [0.25, 0.3) is 11.3 Å². The number of alkyl halides is 3. The Labute approximate surface area is 261 Å². The van der Waals surface area contributed by atoms with Gasteiger partial charge in [0.25, 0.3) is 5.91 Å². The monoisotopic (exact) mass is 653 g/mol. The molecule has 1 aliphatic carbocycles. The fourth-order valence-corrected chi connectivity index (χ4v) is 4.50. The van der Waals surface area contributed by atoms with Crippen LogP contribution in [0, 0.1) is 5.82 Å². The lowest BCUT2D eigenvalue weighted by atomic mass is 9.88. The van der Waals surface area contributed by atoms with Crippen molar-refractivity contribution in [2.24, 2.45) is 0 Å². The van der Waals surface area contributed by atoms with E-state index < -0.39 is 47.4 Å². The van der Waals surface area contributed by atoms with Crippen LogP contribution >= 0.6 is 11.6 Å². The maximum absolute atomic E-state index is 14.7. The van der Waals surface area contributed by atoms with Crippen molar-refractivity contribution in [1.29, 1.82) is 0 Å². The number of nitrogens with one attached hydrogen (secondary N) is 2. The highest BCUT2D eigenvalue weighted by molar-refractivity contribution is 6.31. The molecule has 4 rings (SSSR count). The highest BCUT2D eigenvalue weighted by Gasteiger charge is 2.56. The average molecular weight is 654 g/mol. The molecular weight excluding hydrogens is 622 g/mol. The molecular formula is C31H32ClF4N3O6. The van der Waals surface area contributed by atoms with Crippen LogP contribution in [0.3, 0.4) is 0 Å². The molecule has 1 heterocycles. The van der Waals surface area contributed by atoms with Crippen molar-refractivity contribution >= 4 is 23.6 Å². The lowest BCUT2D eigenvalue weighted by Gasteiger charge is -2.33. The number of pyridine rings is 1. The summed E-state index contributed by atoms with van der Waals surface area (Å²) in [7, 11) is 1.36. The van der Waals surface area contributed by atoms with Gasteiger partial charge in [-0.3, -0.25) is 4.79 Å². The van der Waals surface area contributed by atoms with Crippen molar-refractivity contribution in [3.05, 3.63) is 76.2 Å². The molecule has 3 aromatic rings. The molecule has 0 aliphatic heterocycles. The van der Waals surface area contributed by atoms with Crippen molar-refractivity contribution in [2.45, 2.75) is 57.0 Å². The second kappa shape index (κ2) is 13.1. The van der Waals surface area contributed by atoms with E-state index in [9.17, 15) is 32.3 Å². The summed E-state index contributed by atoms with van der Waals surface area (Å²) in [6, 6.07) is 9.92. The number of halogens is 5. The minimum Gasteiger partial charge on any atom is -0.493 e. The topological polar surface area (TPSA) is 119 Å². The number of amides is 2. The minimum atomic E-state index is -5.35. The first-order valence-electron chi connectivity index (χ1n) is 13.9. The third-order valence-corrected chi connectivity index (χ3v) is 7.38. The number of aromatic nitrogens is 1. The van der Waals surface area contributed by atoms with Gasteiger partial charge < -0.3 is 30.0 Å². The molecule has 45 heavy (non-hydrogen) atoms. The highest BCUT2D eigenvalue weighted by atomic mass is 35.5. The van der Waals surface area contributed by atoms with Crippen LogP contribution < -0.4 is 20.1 Å². The Morgan fingerprint density at radius 2 is 1.78 bits per heavy atom. The van der Waals surface area contributed by atoms with Crippen molar-refractivity contribution in [1.82, 2.24) is 15.6 Å². The van der Waals surface area contributed by atoms with Gasteiger partial charge in [0.05, 0.1) is 48.3 Å². The van der Waals surface area contributed by atoms with Gasteiger partial charge in [0.15, 0.2) is 11.5 Å². The Morgan fingerprint density at radius 1 is 1.07 bits per heavy atom. The second-order valence-corrected chi connectivity index (χ2v) is 11.4. The fourth-order valence-electron chi connectivity index (χ4n) is 4.32. The molecule has 14 heteroatoms. The lowest BCUT2D eigenvalue weighted by Crippen LogP contribution is -2.52. The molecule has 1 saturated carbocycles. The summed E-state index contributed by atoms with van der Waals surface area (Å²) in [4.78, 5) is 29.3. The minimum absolute atomic E-state index is 0.0388. The van der Waals surface area contributed by atoms with Gasteiger partial charge in [-0.15, -0.1) is 0 Å². The number of methoxy groups -OCH3 is 1.